The predicted molar refractivity (Wildman–Crippen MR) is 101 cm³/mol. The lowest BCUT2D eigenvalue weighted by Crippen LogP contribution is -2.47. The van der Waals surface area contributed by atoms with Crippen molar-refractivity contribution in [3.8, 4) is 0 Å². The van der Waals surface area contributed by atoms with Crippen LogP contribution >= 0.6 is 11.6 Å². The molecular weight excluding hydrogens is 364 g/mol. The van der Waals surface area contributed by atoms with Crippen molar-refractivity contribution >= 4 is 33.2 Å². The fourth-order valence-electron chi connectivity index (χ4n) is 2.55. The summed E-state index contributed by atoms with van der Waals surface area (Å²) >= 11 is 5.91. The maximum Gasteiger partial charge on any atom is 0.240 e. The Hall–Kier alpha value is -1.31. The molecule has 0 saturated heterocycles. The van der Waals surface area contributed by atoms with E-state index in [1.807, 2.05) is 27.7 Å². The summed E-state index contributed by atoms with van der Waals surface area (Å²) in [6.07, 6.45) is 0.444. The van der Waals surface area contributed by atoms with Crippen LogP contribution in [-0.2, 0) is 14.8 Å². The van der Waals surface area contributed by atoms with Gasteiger partial charge in [0.15, 0.2) is 0 Å². The smallest absolute Gasteiger partial charge is 0.240 e. The molecule has 0 aliphatic carbocycles. The van der Waals surface area contributed by atoms with Gasteiger partial charge in [-0.3, -0.25) is 9.10 Å². The van der Waals surface area contributed by atoms with Crippen molar-refractivity contribution < 1.29 is 18.3 Å². The average Bonchev–Trinajstić information content (AvgIpc) is 2.48. The largest absolute Gasteiger partial charge is 0.392 e. The van der Waals surface area contributed by atoms with Crippen LogP contribution in [0.3, 0.4) is 0 Å². The zero-order chi connectivity index (χ0) is 19.4. The molecule has 1 atom stereocenters. The summed E-state index contributed by atoms with van der Waals surface area (Å²) in [5, 5.41) is 13.3. The highest BCUT2D eigenvalue weighted by molar-refractivity contribution is 7.92. The number of hydrogen-bond donors (Lipinski definition) is 2. The number of halogens is 1. The molecule has 0 saturated carbocycles. The van der Waals surface area contributed by atoms with Crippen molar-refractivity contribution in [2.75, 3.05) is 23.7 Å². The first kappa shape index (κ1) is 21.7. The van der Waals surface area contributed by atoms with Gasteiger partial charge in [0, 0.05) is 17.0 Å². The van der Waals surface area contributed by atoms with Crippen molar-refractivity contribution in [2.45, 2.75) is 33.8 Å². The van der Waals surface area contributed by atoms with Gasteiger partial charge in [-0.25, -0.2) is 8.42 Å². The summed E-state index contributed by atoms with van der Waals surface area (Å²) in [6.45, 7) is 7.38. The van der Waals surface area contributed by atoms with Crippen LogP contribution in [0.5, 0.6) is 0 Å². The molecule has 0 aliphatic rings. The van der Waals surface area contributed by atoms with Gasteiger partial charge in [-0.05, 0) is 24.1 Å². The number of rotatable bonds is 8. The van der Waals surface area contributed by atoms with Gasteiger partial charge in [-0.2, -0.15) is 0 Å². The van der Waals surface area contributed by atoms with Gasteiger partial charge in [0.2, 0.25) is 15.9 Å². The van der Waals surface area contributed by atoms with Crippen LogP contribution in [0.4, 0.5) is 5.69 Å². The van der Waals surface area contributed by atoms with E-state index in [0.717, 1.165) is 10.6 Å². The molecule has 0 spiro atoms. The summed E-state index contributed by atoms with van der Waals surface area (Å²) in [4.78, 5) is 12.3. The zero-order valence-electron chi connectivity index (χ0n) is 15.3. The summed E-state index contributed by atoms with van der Waals surface area (Å²) in [5.41, 5.74) is -0.206. The van der Waals surface area contributed by atoms with Crippen LogP contribution in [0.15, 0.2) is 24.3 Å². The molecular formula is C17H27ClN2O4S. The van der Waals surface area contributed by atoms with E-state index in [2.05, 4.69) is 5.32 Å². The molecule has 0 heterocycles. The maximum absolute atomic E-state index is 12.3. The Morgan fingerprint density at radius 2 is 1.96 bits per heavy atom. The van der Waals surface area contributed by atoms with Gasteiger partial charge in [0.1, 0.15) is 6.54 Å². The average molecular weight is 391 g/mol. The second kappa shape index (κ2) is 8.38. The highest BCUT2D eigenvalue weighted by Crippen LogP contribution is 2.25. The fourth-order valence-corrected chi connectivity index (χ4v) is 3.58. The first-order chi connectivity index (χ1) is 11.3. The number of hydrogen-bond acceptors (Lipinski definition) is 4. The van der Waals surface area contributed by atoms with Crippen LogP contribution in [0.2, 0.25) is 5.02 Å². The van der Waals surface area contributed by atoms with E-state index in [4.69, 9.17) is 11.6 Å². The Labute approximate surface area is 155 Å². The highest BCUT2D eigenvalue weighted by atomic mass is 35.5. The van der Waals surface area contributed by atoms with Gasteiger partial charge >= 0.3 is 0 Å². The number of carbonyl (C=O) groups is 1. The van der Waals surface area contributed by atoms with Crippen molar-refractivity contribution in [3.63, 3.8) is 0 Å². The Morgan fingerprint density at radius 1 is 1.36 bits per heavy atom. The summed E-state index contributed by atoms with van der Waals surface area (Å²) < 4.78 is 25.1. The van der Waals surface area contributed by atoms with Gasteiger partial charge in [-0.1, -0.05) is 45.4 Å². The van der Waals surface area contributed by atoms with E-state index in [-0.39, 0.29) is 19.0 Å². The normalized spacial score (nSPS) is 13.6. The second-order valence-corrected chi connectivity index (χ2v) is 9.55. The van der Waals surface area contributed by atoms with E-state index >= 15 is 0 Å². The maximum atomic E-state index is 12.3. The molecule has 25 heavy (non-hydrogen) atoms. The monoisotopic (exact) mass is 390 g/mol. The van der Waals surface area contributed by atoms with E-state index in [9.17, 15) is 18.3 Å². The quantitative estimate of drug-likeness (QED) is 0.712. The first-order valence-electron chi connectivity index (χ1n) is 8.02. The first-order valence-corrected chi connectivity index (χ1v) is 10.3. The molecule has 1 rings (SSSR count). The molecule has 0 aromatic heterocycles. The van der Waals surface area contributed by atoms with Gasteiger partial charge in [0.05, 0.1) is 18.0 Å². The van der Waals surface area contributed by atoms with Crippen LogP contribution in [-0.4, -0.2) is 44.9 Å². The number of anilines is 1. The minimum Gasteiger partial charge on any atom is -0.392 e. The Balaban J connectivity index is 2.84. The lowest BCUT2D eigenvalue weighted by Gasteiger charge is -2.33. The van der Waals surface area contributed by atoms with Crippen LogP contribution < -0.4 is 9.62 Å². The van der Waals surface area contributed by atoms with E-state index in [1.165, 1.54) is 6.07 Å². The topological polar surface area (TPSA) is 86.7 Å². The van der Waals surface area contributed by atoms with E-state index in [1.54, 1.807) is 18.2 Å². The standard InChI is InChI=1S/C17H27ClN2O4S/c1-12(2)16(22)17(3,4)11-19-15(21)10-20(25(5,23)24)14-8-6-7-13(18)9-14/h6-9,12,16,22H,10-11H2,1-5H3,(H,19,21). The van der Waals surface area contributed by atoms with Crippen LogP contribution in [0.1, 0.15) is 27.7 Å². The lowest BCUT2D eigenvalue weighted by molar-refractivity contribution is -0.120. The lowest BCUT2D eigenvalue weighted by atomic mass is 9.81. The minimum atomic E-state index is -3.65. The Bertz CT molecular complexity index is 704. The molecule has 0 aliphatic heterocycles. The van der Waals surface area contributed by atoms with Crippen LogP contribution in [0, 0.1) is 11.3 Å². The van der Waals surface area contributed by atoms with Crippen molar-refractivity contribution in [3.05, 3.63) is 29.3 Å². The number of amides is 1. The number of benzene rings is 1. The number of sulfonamides is 1. The minimum absolute atomic E-state index is 0.0471. The van der Waals surface area contributed by atoms with Gasteiger partial charge in [0.25, 0.3) is 0 Å². The molecule has 0 bridgehead atoms. The molecule has 8 heteroatoms. The molecule has 1 aromatic rings. The van der Waals surface area contributed by atoms with Gasteiger partial charge < -0.3 is 10.4 Å². The third kappa shape index (κ3) is 6.49. The molecule has 1 aromatic carbocycles. The second-order valence-electron chi connectivity index (χ2n) is 7.20. The Morgan fingerprint density at radius 3 is 2.44 bits per heavy atom. The number of aliphatic hydroxyl groups excluding tert-OH is 1. The number of nitrogens with zero attached hydrogens (tertiary/aromatic N) is 1. The SMILES string of the molecule is CC(C)C(O)C(C)(C)CNC(=O)CN(c1cccc(Cl)c1)S(C)(=O)=O. The molecule has 0 radical (unpaired) electrons. The molecule has 2 N–H and O–H groups in total. The summed E-state index contributed by atoms with van der Waals surface area (Å²) in [7, 11) is -3.65. The zero-order valence-corrected chi connectivity index (χ0v) is 16.9. The summed E-state index contributed by atoms with van der Waals surface area (Å²) in [6, 6.07) is 6.31. The molecule has 1 amide bonds. The third-order valence-electron chi connectivity index (χ3n) is 3.96. The Kier molecular flexibility index (Phi) is 7.28. The molecule has 0 fully saturated rings. The number of carbonyl (C=O) groups excluding carboxylic acids is 1. The molecule has 6 nitrogen and oxygen atoms in total. The highest BCUT2D eigenvalue weighted by Gasteiger charge is 2.31. The molecule has 142 valence electrons. The molecule has 1 unspecified atom stereocenters. The summed E-state index contributed by atoms with van der Waals surface area (Å²) in [5.74, 6) is -0.402. The predicted octanol–water partition coefficient (Wildman–Crippen LogP) is 2.27. The van der Waals surface area contributed by atoms with E-state index < -0.39 is 27.4 Å². The third-order valence-corrected chi connectivity index (χ3v) is 5.33. The van der Waals surface area contributed by atoms with E-state index in [0.29, 0.717) is 10.7 Å². The number of nitrogens with one attached hydrogen (secondary N) is 1. The fraction of sp³-hybridized carbons (Fsp3) is 0.588. The van der Waals surface area contributed by atoms with Crippen molar-refractivity contribution in [1.29, 1.82) is 0 Å². The van der Waals surface area contributed by atoms with Crippen molar-refractivity contribution in [1.82, 2.24) is 5.32 Å². The number of aliphatic hydroxyl groups is 1. The van der Waals surface area contributed by atoms with Gasteiger partial charge in [-0.15, -0.1) is 0 Å². The van der Waals surface area contributed by atoms with Crippen LogP contribution in [0.25, 0.3) is 0 Å². The van der Waals surface area contributed by atoms with Crippen molar-refractivity contribution in [2.24, 2.45) is 11.3 Å².